The first-order chi connectivity index (χ1) is 7.11. The highest BCUT2D eigenvalue weighted by atomic mass is 32.2. The molecule has 0 saturated heterocycles. The van der Waals surface area contributed by atoms with E-state index >= 15 is 0 Å². The lowest BCUT2D eigenvalue weighted by Crippen LogP contribution is -2.35. The number of hydrogen-bond acceptors (Lipinski definition) is 4. The van der Waals surface area contributed by atoms with Crippen LogP contribution in [0.1, 0.15) is 6.92 Å². The van der Waals surface area contributed by atoms with Gasteiger partial charge in [-0.3, -0.25) is 9.29 Å². The molecule has 84 valence electrons. The summed E-state index contributed by atoms with van der Waals surface area (Å²) in [7, 11) is -3.29. The number of nitrogens with two attached hydrogens (primary N) is 1. The molecule has 2 N–H and O–H groups in total. The van der Waals surface area contributed by atoms with Crippen LogP contribution in [0.4, 0.5) is 5.69 Å². The fraction of sp³-hybridized carbons (Fsp3) is 0.444. The third-order valence-electron chi connectivity index (χ3n) is 1.95. The normalized spacial score (nSPS) is 11.3. The maximum Gasteiger partial charge on any atom is 0.236 e. The molecule has 1 aromatic rings. The quantitative estimate of drug-likeness (QED) is 0.782. The summed E-state index contributed by atoms with van der Waals surface area (Å²) >= 11 is 0. The SMILES string of the molecule is CCN(c1ccncc1)S(=O)(=O)CCN. The Morgan fingerprint density at radius 3 is 2.47 bits per heavy atom. The van der Waals surface area contributed by atoms with Gasteiger partial charge in [0.2, 0.25) is 10.0 Å². The predicted octanol–water partition coefficient (Wildman–Crippen LogP) is 0.196. The molecular formula is C9H15N3O2S. The maximum atomic E-state index is 11.8. The highest BCUT2D eigenvalue weighted by molar-refractivity contribution is 7.92. The van der Waals surface area contributed by atoms with Gasteiger partial charge in [0.15, 0.2) is 0 Å². The molecule has 0 fully saturated rings. The Morgan fingerprint density at radius 2 is 2.00 bits per heavy atom. The van der Waals surface area contributed by atoms with Gasteiger partial charge in [-0.15, -0.1) is 0 Å². The van der Waals surface area contributed by atoms with E-state index in [4.69, 9.17) is 5.73 Å². The van der Waals surface area contributed by atoms with Crippen molar-refractivity contribution in [3.63, 3.8) is 0 Å². The zero-order chi connectivity index (χ0) is 11.3. The molecule has 0 bridgehead atoms. The summed E-state index contributed by atoms with van der Waals surface area (Å²) in [5.74, 6) is -0.0385. The third-order valence-corrected chi connectivity index (χ3v) is 3.84. The van der Waals surface area contributed by atoms with Crippen LogP contribution in [0.15, 0.2) is 24.5 Å². The molecule has 0 unspecified atom stereocenters. The van der Waals surface area contributed by atoms with Gasteiger partial charge in [-0.2, -0.15) is 0 Å². The summed E-state index contributed by atoms with van der Waals surface area (Å²) in [5.41, 5.74) is 5.89. The molecule has 0 aliphatic heterocycles. The maximum absolute atomic E-state index is 11.8. The Kier molecular flexibility index (Phi) is 4.05. The van der Waals surface area contributed by atoms with E-state index in [1.165, 1.54) is 4.31 Å². The number of anilines is 1. The summed E-state index contributed by atoms with van der Waals surface area (Å²) in [5, 5.41) is 0. The van der Waals surface area contributed by atoms with Gasteiger partial charge < -0.3 is 5.73 Å². The van der Waals surface area contributed by atoms with Crippen LogP contribution in [0.3, 0.4) is 0 Å². The van der Waals surface area contributed by atoms with Crippen LogP contribution in [0.25, 0.3) is 0 Å². The van der Waals surface area contributed by atoms with E-state index < -0.39 is 10.0 Å². The van der Waals surface area contributed by atoms with Crippen LogP contribution in [-0.4, -0.2) is 32.2 Å². The lowest BCUT2D eigenvalue weighted by molar-refractivity contribution is 0.591. The van der Waals surface area contributed by atoms with Crippen LogP contribution in [0, 0.1) is 0 Å². The first-order valence-electron chi connectivity index (χ1n) is 4.72. The number of hydrogen-bond donors (Lipinski definition) is 1. The first kappa shape index (κ1) is 11.9. The van der Waals surface area contributed by atoms with Gasteiger partial charge in [-0.05, 0) is 19.1 Å². The molecule has 5 nitrogen and oxygen atoms in total. The van der Waals surface area contributed by atoms with E-state index in [0.717, 1.165) is 0 Å². The molecule has 0 radical (unpaired) electrons. The molecule has 0 saturated carbocycles. The highest BCUT2D eigenvalue weighted by Gasteiger charge is 2.19. The second kappa shape index (κ2) is 5.09. The first-order valence-corrected chi connectivity index (χ1v) is 6.33. The second-order valence-electron chi connectivity index (χ2n) is 2.97. The Labute approximate surface area is 90.0 Å². The van der Waals surface area contributed by atoms with E-state index in [-0.39, 0.29) is 12.3 Å². The molecule has 15 heavy (non-hydrogen) atoms. The lowest BCUT2D eigenvalue weighted by atomic mass is 10.4. The number of nitrogens with zero attached hydrogens (tertiary/aromatic N) is 2. The van der Waals surface area contributed by atoms with E-state index in [0.29, 0.717) is 12.2 Å². The molecule has 0 spiro atoms. The zero-order valence-electron chi connectivity index (χ0n) is 8.63. The van der Waals surface area contributed by atoms with Gasteiger partial charge in [0.1, 0.15) is 0 Å². The Balaban J connectivity index is 3.00. The Morgan fingerprint density at radius 1 is 1.40 bits per heavy atom. The van der Waals surface area contributed by atoms with Crippen LogP contribution in [-0.2, 0) is 10.0 Å². The van der Waals surface area contributed by atoms with Crippen molar-refractivity contribution in [3.05, 3.63) is 24.5 Å². The van der Waals surface area contributed by atoms with Gasteiger partial charge >= 0.3 is 0 Å². The van der Waals surface area contributed by atoms with Crippen molar-refractivity contribution in [1.82, 2.24) is 4.98 Å². The minimum Gasteiger partial charge on any atom is -0.329 e. The average molecular weight is 229 g/mol. The summed E-state index contributed by atoms with van der Waals surface area (Å²) in [6.07, 6.45) is 3.13. The van der Waals surface area contributed by atoms with Gasteiger partial charge in [0, 0.05) is 25.5 Å². The fourth-order valence-electron chi connectivity index (χ4n) is 1.31. The Hall–Kier alpha value is -1.14. The molecule has 0 aliphatic rings. The summed E-state index contributed by atoms with van der Waals surface area (Å²) in [6.45, 7) is 2.31. The van der Waals surface area contributed by atoms with Crippen molar-refractivity contribution in [2.75, 3.05) is 23.1 Å². The van der Waals surface area contributed by atoms with Crippen LogP contribution < -0.4 is 10.0 Å². The smallest absolute Gasteiger partial charge is 0.236 e. The van der Waals surface area contributed by atoms with Crippen molar-refractivity contribution < 1.29 is 8.42 Å². The number of aromatic nitrogens is 1. The minimum absolute atomic E-state index is 0.0385. The van der Waals surface area contributed by atoms with Gasteiger partial charge in [-0.25, -0.2) is 8.42 Å². The van der Waals surface area contributed by atoms with Crippen LogP contribution >= 0.6 is 0 Å². The molecule has 0 atom stereocenters. The van der Waals surface area contributed by atoms with Crippen molar-refractivity contribution in [2.24, 2.45) is 5.73 Å². The lowest BCUT2D eigenvalue weighted by Gasteiger charge is -2.22. The van der Waals surface area contributed by atoms with Crippen molar-refractivity contribution in [2.45, 2.75) is 6.92 Å². The predicted molar refractivity (Wildman–Crippen MR) is 60.1 cm³/mol. The van der Waals surface area contributed by atoms with Crippen molar-refractivity contribution in [3.8, 4) is 0 Å². The minimum atomic E-state index is -3.29. The summed E-state index contributed by atoms with van der Waals surface area (Å²) in [6, 6.07) is 3.33. The molecular weight excluding hydrogens is 214 g/mol. The fourth-order valence-corrected chi connectivity index (χ4v) is 2.66. The van der Waals surface area contributed by atoms with Crippen LogP contribution in [0.5, 0.6) is 0 Å². The Bertz CT molecular complexity index is 391. The number of rotatable bonds is 5. The van der Waals surface area contributed by atoms with E-state index in [1.54, 1.807) is 31.5 Å². The van der Waals surface area contributed by atoms with E-state index in [2.05, 4.69) is 4.98 Å². The standard InChI is InChI=1S/C9H15N3O2S/c1-2-12(15(13,14)8-5-10)9-3-6-11-7-4-9/h3-4,6-7H,2,5,8,10H2,1H3. The zero-order valence-corrected chi connectivity index (χ0v) is 9.44. The number of sulfonamides is 1. The molecule has 1 aromatic heterocycles. The topological polar surface area (TPSA) is 76.3 Å². The molecule has 6 heteroatoms. The van der Waals surface area contributed by atoms with Gasteiger partial charge in [-0.1, -0.05) is 0 Å². The molecule has 1 heterocycles. The van der Waals surface area contributed by atoms with Crippen molar-refractivity contribution >= 4 is 15.7 Å². The molecule has 0 amide bonds. The van der Waals surface area contributed by atoms with E-state index in [9.17, 15) is 8.42 Å². The molecule has 1 rings (SSSR count). The number of pyridine rings is 1. The molecule has 0 aromatic carbocycles. The van der Waals surface area contributed by atoms with Gasteiger partial charge in [0.05, 0.1) is 11.4 Å². The average Bonchev–Trinajstić information content (AvgIpc) is 2.19. The van der Waals surface area contributed by atoms with E-state index in [1.807, 2.05) is 0 Å². The largest absolute Gasteiger partial charge is 0.329 e. The van der Waals surface area contributed by atoms with Crippen molar-refractivity contribution in [1.29, 1.82) is 0 Å². The highest BCUT2D eigenvalue weighted by Crippen LogP contribution is 2.16. The van der Waals surface area contributed by atoms with Crippen LogP contribution in [0.2, 0.25) is 0 Å². The monoisotopic (exact) mass is 229 g/mol. The summed E-state index contributed by atoms with van der Waals surface area (Å²) in [4.78, 5) is 3.84. The third kappa shape index (κ3) is 2.90. The van der Waals surface area contributed by atoms with Gasteiger partial charge in [0.25, 0.3) is 0 Å². The summed E-state index contributed by atoms with van der Waals surface area (Å²) < 4.78 is 24.9. The molecule has 0 aliphatic carbocycles. The second-order valence-corrected chi connectivity index (χ2v) is 4.99.